The summed E-state index contributed by atoms with van der Waals surface area (Å²) in [6.45, 7) is 4.94. The Bertz CT molecular complexity index is 805. The van der Waals surface area contributed by atoms with Crippen molar-refractivity contribution >= 4 is 40.7 Å². The zero-order chi connectivity index (χ0) is 19.3. The van der Waals surface area contributed by atoms with Crippen LogP contribution in [0.3, 0.4) is 0 Å². The van der Waals surface area contributed by atoms with E-state index >= 15 is 0 Å². The number of ether oxygens (including phenoxy) is 1. The summed E-state index contributed by atoms with van der Waals surface area (Å²) in [5.41, 5.74) is 0.325. The number of aryl methyl sites for hydroxylation is 1. The molecule has 0 radical (unpaired) electrons. The van der Waals surface area contributed by atoms with Gasteiger partial charge in [0.25, 0.3) is 5.91 Å². The van der Waals surface area contributed by atoms with Crippen LogP contribution in [0.15, 0.2) is 42.5 Å². The maximum Gasteiger partial charge on any atom is 0.264 e. The molecule has 5 nitrogen and oxygen atoms in total. The molecule has 0 fully saturated rings. The normalized spacial score (nSPS) is 11.0. The van der Waals surface area contributed by atoms with Crippen molar-refractivity contribution in [2.24, 2.45) is 0 Å². The van der Waals surface area contributed by atoms with Gasteiger partial charge in [-0.25, -0.2) is 0 Å². The molecule has 7 heteroatoms. The zero-order valence-corrected chi connectivity index (χ0v) is 16.2. The number of hydrogen-bond donors (Lipinski definition) is 2. The molecule has 26 heavy (non-hydrogen) atoms. The fraction of sp³-hybridized carbons (Fsp3) is 0.263. The third-order valence-electron chi connectivity index (χ3n) is 3.54. The number of carbonyl (C=O) groups excluding carboxylic acids is 2. The van der Waals surface area contributed by atoms with E-state index in [2.05, 4.69) is 10.6 Å². The van der Waals surface area contributed by atoms with Crippen molar-refractivity contribution in [1.29, 1.82) is 0 Å². The molecule has 0 unspecified atom stereocenters. The average Bonchev–Trinajstić information content (AvgIpc) is 2.57. The van der Waals surface area contributed by atoms with Crippen LogP contribution >= 0.6 is 23.2 Å². The standard InChI is InChI=1S/C19H20Cl2N2O3/c1-12-4-9-16(15(21)10-12)23-17(24)11-22-18(25)19(2,3)26-14-7-5-13(20)6-8-14/h4-10H,11H2,1-3H3,(H,22,25)(H,23,24). The molecule has 0 spiro atoms. The maximum atomic E-state index is 12.3. The predicted molar refractivity (Wildman–Crippen MR) is 104 cm³/mol. The zero-order valence-electron chi connectivity index (χ0n) is 14.7. The lowest BCUT2D eigenvalue weighted by atomic mass is 10.1. The predicted octanol–water partition coefficient (Wildman–Crippen LogP) is 4.21. The van der Waals surface area contributed by atoms with E-state index in [9.17, 15) is 9.59 Å². The summed E-state index contributed by atoms with van der Waals surface area (Å²) < 4.78 is 5.68. The minimum atomic E-state index is -1.16. The van der Waals surface area contributed by atoms with Gasteiger partial charge in [-0.05, 0) is 62.7 Å². The highest BCUT2D eigenvalue weighted by atomic mass is 35.5. The van der Waals surface area contributed by atoms with E-state index in [1.165, 1.54) is 0 Å². The molecule has 2 amide bonds. The largest absolute Gasteiger partial charge is 0.478 e. The van der Waals surface area contributed by atoms with E-state index < -0.39 is 11.5 Å². The van der Waals surface area contributed by atoms with Gasteiger partial charge in [-0.3, -0.25) is 9.59 Å². The van der Waals surface area contributed by atoms with Crippen LogP contribution in [0.4, 0.5) is 5.69 Å². The summed E-state index contributed by atoms with van der Waals surface area (Å²) >= 11 is 11.9. The van der Waals surface area contributed by atoms with Crippen molar-refractivity contribution in [2.45, 2.75) is 26.4 Å². The molecular weight excluding hydrogens is 375 g/mol. The molecule has 0 atom stereocenters. The van der Waals surface area contributed by atoms with Crippen molar-refractivity contribution < 1.29 is 14.3 Å². The molecule has 0 aromatic heterocycles. The molecule has 0 heterocycles. The van der Waals surface area contributed by atoms with Gasteiger partial charge in [-0.2, -0.15) is 0 Å². The second-order valence-electron chi connectivity index (χ2n) is 6.28. The van der Waals surface area contributed by atoms with Crippen molar-refractivity contribution in [2.75, 3.05) is 11.9 Å². The van der Waals surface area contributed by atoms with E-state index in [0.29, 0.717) is 21.5 Å². The van der Waals surface area contributed by atoms with Crippen LogP contribution in [-0.4, -0.2) is 24.0 Å². The van der Waals surface area contributed by atoms with Gasteiger partial charge in [0, 0.05) is 5.02 Å². The highest BCUT2D eigenvalue weighted by molar-refractivity contribution is 6.33. The van der Waals surface area contributed by atoms with Gasteiger partial charge in [-0.15, -0.1) is 0 Å². The molecule has 2 N–H and O–H groups in total. The molecular formula is C19H20Cl2N2O3. The minimum absolute atomic E-state index is 0.198. The quantitative estimate of drug-likeness (QED) is 0.770. The second kappa shape index (κ2) is 8.43. The van der Waals surface area contributed by atoms with Crippen LogP contribution in [0, 0.1) is 6.92 Å². The third kappa shape index (κ3) is 5.64. The summed E-state index contributed by atoms with van der Waals surface area (Å²) in [7, 11) is 0. The summed E-state index contributed by atoms with van der Waals surface area (Å²) in [6.07, 6.45) is 0. The summed E-state index contributed by atoms with van der Waals surface area (Å²) in [5.74, 6) is -0.297. The Balaban J connectivity index is 1.89. The molecule has 2 rings (SSSR count). The Morgan fingerprint density at radius 1 is 1.08 bits per heavy atom. The number of rotatable bonds is 6. The first-order chi connectivity index (χ1) is 12.2. The number of halogens is 2. The number of amides is 2. The smallest absolute Gasteiger partial charge is 0.264 e. The topological polar surface area (TPSA) is 67.4 Å². The first-order valence-electron chi connectivity index (χ1n) is 7.96. The molecule has 0 saturated heterocycles. The van der Waals surface area contributed by atoms with E-state index in [0.717, 1.165) is 5.56 Å². The highest BCUT2D eigenvalue weighted by Crippen LogP contribution is 2.23. The molecule has 0 aliphatic rings. The lowest BCUT2D eigenvalue weighted by Crippen LogP contribution is -2.48. The van der Waals surface area contributed by atoms with Crippen LogP contribution in [0.1, 0.15) is 19.4 Å². The van der Waals surface area contributed by atoms with E-state index in [-0.39, 0.29) is 12.5 Å². The number of hydrogen-bond acceptors (Lipinski definition) is 3. The van der Waals surface area contributed by atoms with E-state index in [4.69, 9.17) is 27.9 Å². The van der Waals surface area contributed by atoms with Gasteiger partial charge in [0.2, 0.25) is 5.91 Å². The molecule has 0 saturated carbocycles. The lowest BCUT2D eigenvalue weighted by Gasteiger charge is -2.25. The van der Waals surface area contributed by atoms with Crippen molar-refractivity contribution in [3.63, 3.8) is 0 Å². The molecule has 0 bridgehead atoms. The van der Waals surface area contributed by atoms with Crippen LogP contribution in [0.5, 0.6) is 5.75 Å². The van der Waals surface area contributed by atoms with Crippen LogP contribution in [0.2, 0.25) is 10.0 Å². The van der Waals surface area contributed by atoms with Gasteiger partial charge in [0.15, 0.2) is 5.60 Å². The molecule has 0 aliphatic heterocycles. The summed E-state index contributed by atoms with van der Waals surface area (Å²) in [4.78, 5) is 24.4. The van der Waals surface area contributed by atoms with E-state index in [1.807, 2.05) is 13.0 Å². The van der Waals surface area contributed by atoms with E-state index in [1.54, 1.807) is 50.2 Å². The first-order valence-corrected chi connectivity index (χ1v) is 8.72. The number of nitrogens with one attached hydrogen (secondary N) is 2. The fourth-order valence-corrected chi connectivity index (χ4v) is 2.54. The maximum absolute atomic E-state index is 12.3. The van der Waals surface area contributed by atoms with Crippen LogP contribution in [-0.2, 0) is 9.59 Å². The van der Waals surface area contributed by atoms with Crippen molar-refractivity contribution in [3.8, 4) is 5.75 Å². The highest BCUT2D eigenvalue weighted by Gasteiger charge is 2.30. The van der Waals surface area contributed by atoms with Gasteiger partial charge < -0.3 is 15.4 Å². The third-order valence-corrected chi connectivity index (χ3v) is 4.11. The SMILES string of the molecule is Cc1ccc(NC(=O)CNC(=O)C(C)(C)Oc2ccc(Cl)cc2)c(Cl)c1. The Morgan fingerprint density at radius 2 is 1.73 bits per heavy atom. The number of anilines is 1. The van der Waals surface area contributed by atoms with Crippen LogP contribution in [0.25, 0.3) is 0 Å². The number of carbonyl (C=O) groups is 2. The first kappa shape index (κ1) is 20.1. The fourth-order valence-electron chi connectivity index (χ4n) is 2.13. The Morgan fingerprint density at radius 3 is 2.35 bits per heavy atom. The monoisotopic (exact) mass is 394 g/mol. The Hall–Kier alpha value is -2.24. The lowest BCUT2D eigenvalue weighted by molar-refractivity contribution is -0.135. The summed E-state index contributed by atoms with van der Waals surface area (Å²) in [5, 5.41) is 6.24. The van der Waals surface area contributed by atoms with Gasteiger partial charge in [0.05, 0.1) is 17.3 Å². The van der Waals surface area contributed by atoms with Crippen molar-refractivity contribution in [3.05, 3.63) is 58.1 Å². The molecule has 138 valence electrons. The van der Waals surface area contributed by atoms with Gasteiger partial charge in [-0.1, -0.05) is 29.3 Å². The minimum Gasteiger partial charge on any atom is -0.478 e. The summed E-state index contributed by atoms with van der Waals surface area (Å²) in [6, 6.07) is 12.0. The number of benzene rings is 2. The molecule has 2 aromatic rings. The average molecular weight is 395 g/mol. The van der Waals surface area contributed by atoms with Crippen LogP contribution < -0.4 is 15.4 Å². The van der Waals surface area contributed by atoms with Gasteiger partial charge in [0.1, 0.15) is 5.75 Å². The second-order valence-corrected chi connectivity index (χ2v) is 7.12. The Labute approximate surface area is 162 Å². The van der Waals surface area contributed by atoms with Gasteiger partial charge >= 0.3 is 0 Å². The molecule has 2 aromatic carbocycles. The van der Waals surface area contributed by atoms with Crippen molar-refractivity contribution in [1.82, 2.24) is 5.32 Å². The Kier molecular flexibility index (Phi) is 6.51. The molecule has 0 aliphatic carbocycles.